The molecule has 0 fully saturated rings. The number of aromatic carboxylic acids is 1. The number of aryl methyl sites for hydroxylation is 1. The Morgan fingerprint density at radius 2 is 2.09 bits per heavy atom. The standard InChI is InChI=1S/C17H16N4O2/c1-12-5-4-8-18-16(12)19-9-13-10-20-21(11-13)15-7-3-2-6-14(15)17(22)23/h2-8,10-11H,9H2,1H3,(H,18,19)(H,22,23). The summed E-state index contributed by atoms with van der Waals surface area (Å²) in [6.45, 7) is 2.55. The van der Waals surface area contributed by atoms with Gasteiger partial charge in [-0.25, -0.2) is 14.5 Å². The lowest BCUT2D eigenvalue weighted by Gasteiger charge is -2.07. The maximum Gasteiger partial charge on any atom is 0.337 e. The molecule has 2 N–H and O–H groups in total. The van der Waals surface area contributed by atoms with Crippen LogP contribution < -0.4 is 5.32 Å². The summed E-state index contributed by atoms with van der Waals surface area (Å²) in [6, 6.07) is 10.7. The molecular weight excluding hydrogens is 292 g/mol. The van der Waals surface area contributed by atoms with Gasteiger partial charge < -0.3 is 10.4 Å². The van der Waals surface area contributed by atoms with Gasteiger partial charge in [-0.1, -0.05) is 18.2 Å². The molecule has 0 spiro atoms. The Balaban J connectivity index is 1.79. The molecule has 0 unspecified atom stereocenters. The third kappa shape index (κ3) is 3.21. The Morgan fingerprint density at radius 1 is 1.26 bits per heavy atom. The highest BCUT2D eigenvalue weighted by molar-refractivity contribution is 5.91. The molecular formula is C17H16N4O2. The van der Waals surface area contributed by atoms with E-state index in [1.807, 2.05) is 25.3 Å². The van der Waals surface area contributed by atoms with E-state index < -0.39 is 5.97 Å². The number of carboxylic acids is 1. The molecule has 116 valence electrons. The van der Waals surface area contributed by atoms with Gasteiger partial charge in [-0.3, -0.25) is 0 Å². The minimum absolute atomic E-state index is 0.218. The van der Waals surface area contributed by atoms with Crippen molar-refractivity contribution in [3.63, 3.8) is 0 Å². The molecule has 2 aromatic heterocycles. The molecule has 0 radical (unpaired) electrons. The van der Waals surface area contributed by atoms with Gasteiger partial charge in [0.05, 0.1) is 17.4 Å². The molecule has 3 rings (SSSR count). The van der Waals surface area contributed by atoms with Crippen LogP contribution in [-0.4, -0.2) is 25.8 Å². The van der Waals surface area contributed by atoms with Crippen molar-refractivity contribution < 1.29 is 9.90 Å². The lowest BCUT2D eigenvalue weighted by Crippen LogP contribution is -2.05. The zero-order valence-corrected chi connectivity index (χ0v) is 12.6. The number of aromatic nitrogens is 3. The molecule has 23 heavy (non-hydrogen) atoms. The quantitative estimate of drug-likeness (QED) is 0.757. The first-order valence-corrected chi connectivity index (χ1v) is 7.17. The first-order chi connectivity index (χ1) is 11.1. The zero-order valence-electron chi connectivity index (χ0n) is 12.6. The molecule has 0 saturated carbocycles. The van der Waals surface area contributed by atoms with E-state index in [4.69, 9.17) is 0 Å². The average molecular weight is 308 g/mol. The number of carbonyl (C=O) groups is 1. The van der Waals surface area contributed by atoms with Crippen LogP contribution in [0, 0.1) is 6.92 Å². The molecule has 0 aliphatic heterocycles. The van der Waals surface area contributed by atoms with Gasteiger partial charge in [-0.15, -0.1) is 0 Å². The van der Waals surface area contributed by atoms with Crippen molar-refractivity contribution in [3.8, 4) is 5.69 Å². The molecule has 0 aliphatic rings. The molecule has 0 amide bonds. The number of rotatable bonds is 5. The predicted molar refractivity (Wildman–Crippen MR) is 86.8 cm³/mol. The van der Waals surface area contributed by atoms with Crippen molar-refractivity contribution in [2.75, 3.05) is 5.32 Å². The number of anilines is 1. The summed E-state index contributed by atoms with van der Waals surface area (Å²) in [7, 11) is 0. The number of para-hydroxylation sites is 1. The maximum absolute atomic E-state index is 11.3. The van der Waals surface area contributed by atoms with Crippen molar-refractivity contribution in [3.05, 3.63) is 71.7 Å². The first-order valence-electron chi connectivity index (χ1n) is 7.17. The number of hydrogen-bond donors (Lipinski definition) is 2. The molecule has 1 aromatic carbocycles. The molecule has 0 aliphatic carbocycles. The van der Waals surface area contributed by atoms with Crippen molar-refractivity contribution in [2.45, 2.75) is 13.5 Å². The number of nitrogens with zero attached hydrogens (tertiary/aromatic N) is 3. The fourth-order valence-corrected chi connectivity index (χ4v) is 2.29. The lowest BCUT2D eigenvalue weighted by molar-refractivity contribution is 0.0696. The minimum Gasteiger partial charge on any atom is -0.478 e. The summed E-state index contributed by atoms with van der Waals surface area (Å²) in [5.41, 5.74) is 2.77. The molecule has 6 nitrogen and oxygen atoms in total. The van der Waals surface area contributed by atoms with E-state index in [9.17, 15) is 9.90 Å². The fourth-order valence-electron chi connectivity index (χ4n) is 2.29. The van der Waals surface area contributed by atoms with E-state index >= 15 is 0 Å². The third-order valence-electron chi connectivity index (χ3n) is 3.49. The van der Waals surface area contributed by atoms with E-state index in [0.29, 0.717) is 12.2 Å². The lowest BCUT2D eigenvalue weighted by atomic mass is 10.2. The predicted octanol–water partition coefficient (Wildman–Crippen LogP) is 2.89. The molecule has 0 saturated heterocycles. The topological polar surface area (TPSA) is 80.0 Å². The molecule has 6 heteroatoms. The van der Waals surface area contributed by atoms with E-state index in [1.165, 1.54) is 0 Å². The summed E-state index contributed by atoms with van der Waals surface area (Å²) >= 11 is 0. The van der Waals surface area contributed by atoms with Crippen LogP contribution in [0.25, 0.3) is 5.69 Å². The Labute approximate surface area is 133 Å². The molecule has 2 heterocycles. The van der Waals surface area contributed by atoms with Crippen LogP contribution in [0.4, 0.5) is 5.82 Å². The van der Waals surface area contributed by atoms with Crippen LogP contribution in [0.15, 0.2) is 55.0 Å². The fraction of sp³-hybridized carbons (Fsp3) is 0.118. The molecule has 3 aromatic rings. The van der Waals surface area contributed by atoms with Gasteiger partial charge >= 0.3 is 5.97 Å². The van der Waals surface area contributed by atoms with Gasteiger partial charge in [-0.2, -0.15) is 5.10 Å². The van der Waals surface area contributed by atoms with Gasteiger partial charge in [0.15, 0.2) is 0 Å². The zero-order chi connectivity index (χ0) is 16.2. The van der Waals surface area contributed by atoms with E-state index in [1.54, 1.807) is 41.3 Å². The van der Waals surface area contributed by atoms with Crippen LogP contribution in [0.1, 0.15) is 21.5 Å². The summed E-state index contributed by atoms with van der Waals surface area (Å²) < 4.78 is 1.58. The molecule has 0 atom stereocenters. The van der Waals surface area contributed by atoms with Crippen LogP contribution in [-0.2, 0) is 6.54 Å². The van der Waals surface area contributed by atoms with E-state index in [-0.39, 0.29) is 5.56 Å². The van der Waals surface area contributed by atoms with Gasteiger partial charge in [0.25, 0.3) is 0 Å². The van der Waals surface area contributed by atoms with Gasteiger partial charge in [-0.05, 0) is 30.7 Å². The Morgan fingerprint density at radius 3 is 2.87 bits per heavy atom. The minimum atomic E-state index is -0.972. The normalized spacial score (nSPS) is 10.5. The molecule has 0 bridgehead atoms. The highest BCUT2D eigenvalue weighted by Gasteiger charge is 2.11. The Kier molecular flexibility index (Phi) is 4.05. The highest BCUT2D eigenvalue weighted by Crippen LogP contribution is 2.16. The summed E-state index contributed by atoms with van der Waals surface area (Å²) in [4.78, 5) is 15.6. The van der Waals surface area contributed by atoms with Gasteiger partial charge in [0.2, 0.25) is 0 Å². The number of nitrogens with one attached hydrogen (secondary N) is 1. The first kappa shape index (κ1) is 14.8. The van der Waals surface area contributed by atoms with Crippen molar-refractivity contribution >= 4 is 11.8 Å². The maximum atomic E-state index is 11.3. The summed E-state index contributed by atoms with van der Waals surface area (Å²) in [5.74, 6) is -0.147. The van der Waals surface area contributed by atoms with Gasteiger partial charge in [0.1, 0.15) is 5.82 Å². The van der Waals surface area contributed by atoms with Crippen molar-refractivity contribution in [2.24, 2.45) is 0 Å². The van der Waals surface area contributed by atoms with E-state index in [0.717, 1.165) is 16.9 Å². The third-order valence-corrected chi connectivity index (χ3v) is 3.49. The SMILES string of the molecule is Cc1cccnc1NCc1cnn(-c2ccccc2C(=O)O)c1. The average Bonchev–Trinajstić information content (AvgIpc) is 3.03. The second-order valence-corrected chi connectivity index (χ2v) is 5.14. The number of carboxylic acid groups (broad SMARTS) is 1. The van der Waals surface area contributed by atoms with Crippen LogP contribution in [0.3, 0.4) is 0 Å². The summed E-state index contributed by atoms with van der Waals surface area (Å²) in [5, 5.41) is 16.8. The number of benzene rings is 1. The van der Waals surface area contributed by atoms with E-state index in [2.05, 4.69) is 15.4 Å². The largest absolute Gasteiger partial charge is 0.478 e. The van der Waals surface area contributed by atoms with Crippen LogP contribution in [0.5, 0.6) is 0 Å². The second kappa shape index (κ2) is 6.31. The Hall–Kier alpha value is -3.15. The van der Waals surface area contributed by atoms with Crippen molar-refractivity contribution in [1.82, 2.24) is 14.8 Å². The monoisotopic (exact) mass is 308 g/mol. The number of hydrogen-bond acceptors (Lipinski definition) is 4. The smallest absolute Gasteiger partial charge is 0.337 e. The second-order valence-electron chi connectivity index (χ2n) is 5.14. The highest BCUT2D eigenvalue weighted by atomic mass is 16.4. The van der Waals surface area contributed by atoms with Crippen LogP contribution in [0.2, 0.25) is 0 Å². The van der Waals surface area contributed by atoms with Crippen LogP contribution >= 0.6 is 0 Å². The van der Waals surface area contributed by atoms with Gasteiger partial charge in [0, 0.05) is 24.5 Å². The Bertz CT molecular complexity index is 842. The van der Waals surface area contributed by atoms with Crippen molar-refractivity contribution in [1.29, 1.82) is 0 Å². The summed E-state index contributed by atoms with van der Waals surface area (Å²) in [6.07, 6.45) is 5.26. The number of pyridine rings is 1.